The molecule has 0 aliphatic carbocycles. The van der Waals surface area contributed by atoms with E-state index in [1.807, 2.05) is 36.4 Å². The molecule has 2 aromatic carbocycles. The Hall–Kier alpha value is -2.91. The van der Waals surface area contributed by atoms with E-state index in [2.05, 4.69) is 17.2 Å². The van der Waals surface area contributed by atoms with Crippen LogP contribution in [0.1, 0.15) is 20.3 Å². The van der Waals surface area contributed by atoms with Crippen molar-refractivity contribution in [1.82, 2.24) is 14.9 Å². The molecular weight excluding hydrogens is 486 g/mol. The van der Waals surface area contributed by atoms with Crippen LogP contribution in [0.5, 0.6) is 11.5 Å². The van der Waals surface area contributed by atoms with Gasteiger partial charge in [0, 0.05) is 28.6 Å². The summed E-state index contributed by atoms with van der Waals surface area (Å²) in [6.07, 6.45) is 1.96. The van der Waals surface area contributed by atoms with Gasteiger partial charge >= 0.3 is 0 Å². The molecule has 2 aromatic heterocycles. The summed E-state index contributed by atoms with van der Waals surface area (Å²) in [4.78, 5) is 18.8. The first-order chi connectivity index (χ1) is 16.9. The van der Waals surface area contributed by atoms with Crippen molar-refractivity contribution in [2.45, 2.75) is 32.4 Å². The molecule has 2 atom stereocenters. The van der Waals surface area contributed by atoms with Gasteiger partial charge in [0.2, 0.25) is 0 Å². The number of halogens is 1. The Balaban J connectivity index is 1.59. The molecule has 0 aliphatic heterocycles. The normalized spacial score (nSPS) is 13.1. The quantitative estimate of drug-likeness (QED) is 0.313. The highest BCUT2D eigenvalue weighted by Crippen LogP contribution is 2.33. The number of hydrogen-bond donors (Lipinski definition) is 2. The molecule has 0 saturated heterocycles. The number of methoxy groups -OCH3 is 1. The first-order valence-corrected chi connectivity index (χ1v) is 12.6. The maximum Gasteiger partial charge on any atom is 0.275 e. The van der Waals surface area contributed by atoms with E-state index in [-0.39, 0.29) is 11.6 Å². The van der Waals surface area contributed by atoms with Crippen LogP contribution in [0.3, 0.4) is 0 Å². The fourth-order valence-electron chi connectivity index (χ4n) is 3.63. The number of aliphatic hydroxyl groups is 1. The predicted octanol–water partition coefficient (Wildman–Crippen LogP) is 4.90. The summed E-state index contributed by atoms with van der Waals surface area (Å²) in [5.41, 5.74) is 2.13. The minimum Gasteiger partial charge on any atom is -0.493 e. The van der Waals surface area contributed by atoms with Crippen LogP contribution in [0.15, 0.2) is 59.7 Å². The number of nitrogens with zero attached hydrogens (tertiary/aromatic N) is 2. The average molecular weight is 514 g/mol. The van der Waals surface area contributed by atoms with Gasteiger partial charge in [-0.05, 0) is 49.2 Å². The molecule has 0 bridgehead atoms. The summed E-state index contributed by atoms with van der Waals surface area (Å²) >= 11 is 7.41. The standard InChI is InChI=1S/C26H28ClN3O4S/c1-4-19(28-13-16(2)31)14-34-22-10-9-20(11-23(22)33-3)30-15-29-21-12-24(35-25(21)26(30)32)17-5-7-18(27)8-6-17/h5-12,15-16,19,28,31H,4,13-14H2,1-3H3/t16?,19-/m0/s1. The molecule has 0 fully saturated rings. The van der Waals surface area contributed by atoms with Crippen LogP contribution in [0.25, 0.3) is 26.3 Å². The molecule has 7 nitrogen and oxygen atoms in total. The molecule has 0 amide bonds. The highest BCUT2D eigenvalue weighted by Gasteiger charge is 2.15. The molecule has 2 N–H and O–H groups in total. The third kappa shape index (κ3) is 5.85. The smallest absolute Gasteiger partial charge is 0.275 e. The van der Waals surface area contributed by atoms with Gasteiger partial charge < -0.3 is 19.9 Å². The van der Waals surface area contributed by atoms with Crippen LogP contribution in [0.2, 0.25) is 5.02 Å². The number of rotatable bonds is 10. The predicted molar refractivity (Wildman–Crippen MR) is 141 cm³/mol. The lowest BCUT2D eigenvalue weighted by molar-refractivity contribution is 0.174. The Morgan fingerprint density at radius 1 is 1.17 bits per heavy atom. The number of ether oxygens (including phenoxy) is 2. The Morgan fingerprint density at radius 2 is 1.94 bits per heavy atom. The van der Waals surface area contributed by atoms with Crippen LogP contribution in [0, 0.1) is 0 Å². The Morgan fingerprint density at radius 3 is 2.63 bits per heavy atom. The largest absolute Gasteiger partial charge is 0.493 e. The molecule has 0 saturated carbocycles. The van der Waals surface area contributed by atoms with Crippen molar-refractivity contribution >= 4 is 33.2 Å². The molecule has 0 radical (unpaired) electrons. The van der Waals surface area contributed by atoms with Crippen LogP contribution < -0.4 is 20.3 Å². The first-order valence-electron chi connectivity index (χ1n) is 11.4. The van der Waals surface area contributed by atoms with Crippen LogP contribution in [0.4, 0.5) is 0 Å². The number of benzene rings is 2. The number of thiophene rings is 1. The average Bonchev–Trinajstić information content (AvgIpc) is 3.30. The highest BCUT2D eigenvalue weighted by atomic mass is 35.5. The first kappa shape index (κ1) is 25.2. The van der Waals surface area contributed by atoms with Crippen molar-refractivity contribution in [3.8, 4) is 27.6 Å². The molecule has 0 spiro atoms. The summed E-state index contributed by atoms with van der Waals surface area (Å²) < 4.78 is 13.6. The van der Waals surface area contributed by atoms with Crippen LogP contribution in [-0.2, 0) is 0 Å². The van der Waals surface area contributed by atoms with E-state index in [0.29, 0.717) is 45.6 Å². The number of fused-ring (bicyclic) bond motifs is 1. The summed E-state index contributed by atoms with van der Waals surface area (Å²) in [6.45, 7) is 4.72. The Kier molecular flexibility index (Phi) is 8.07. The summed E-state index contributed by atoms with van der Waals surface area (Å²) in [7, 11) is 1.57. The minimum absolute atomic E-state index is 0.0943. The molecule has 1 unspecified atom stereocenters. The SMILES string of the molecule is CC[C@@H](COc1ccc(-n2cnc3cc(-c4ccc(Cl)cc4)sc3c2=O)cc1OC)NCC(C)O. The van der Waals surface area contributed by atoms with E-state index >= 15 is 0 Å². The van der Waals surface area contributed by atoms with Gasteiger partial charge in [-0.25, -0.2) is 4.98 Å². The molecule has 0 aliphatic rings. The summed E-state index contributed by atoms with van der Waals surface area (Å²) in [5.74, 6) is 1.10. The zero-order valence-electron chi connectivity index (χ0n) is 19.8. The maximum atomic E-state index is 13.3. The fourth-order valence-corrected chi connectivity index (χ4v) is 4.80. The molecule has 184 valence electrons. The van der Waals surface area contributed by atoms with Gasteiger partial charge in [-0.3, -0.25) is 9.36 Å². The van der Waals surface area contributed by atoms with Crippen molar-refractivity contribution in [3.05, 3.63) is 70.2 Å². The zero-order valence-corrected chi connectivity index (χ0v) is 21.4. The van der Waals surface area contributed by atoms with Crippen LogP contribution in [-0.4, -0.2) is 47.1 Å². The van der Waals surface area contributed by atoms with Crippen molar-refractivity contribution in [1.29, 1.82) is 0 Å². The van der Waals surface area contributed by atoms with Crippen molar-refractivity contribution in [2.24, 2.45) is 0 Å². The molecule has 2 heterocycles. The maximum absolute atomic E-state index is 13.3. The van der Waals surface area contributed by atoms with E-state index in [1.165, 1.54) is 22.2 Å². The zero-order chi connectivity index (χ0) is 24.9. The van der Waals surface area contributed by atoms with E-state index in [0.717, 1.165) is 16.9 Å². The number of hydrogen-bond acceptors (Lipinski definition) is 7. The van der Waals surface area contributed by atoms with Gasteiger partial charge in [-0.15, -0.1) is 11.3 Å². The van der Waals surface area contributed by atoms with Gasteiger partial charge in [-0.1, -0.05) is 30.7 Å². The molecule has 4 rings (SSSR count). The molecular formula is C26H28ClN3O4S. The highest BCUT2D eigenvalue weighted by molar-refractivity contribution is 7.22. The lowest BCUT2D eigenvalue weighted by Crippen LogP contribution is -2.38. The van der Waals surface area contributed by atoms with Gasteiger partial charge in [0.05, 0.1) is 24.4 Å². The van der Waals surface area contributed by atoms with Crippen molar-refractivity contribution in [3.63, 3.8) is 0 Å². The topological polar surface area (TPSA) is 85.6 Å². The number of aliphatic hydroxyl groups excluding tert-OH is 1. The third-order valence-electron chi connectivity index (χ3n) is 5.63. The van der Waals surface area contributed by atoms with Crippen molar-refractivity contribution < 1.29 is 14.6 Å². The van der Waals surface area contributed by atoms with E-state index < -0.39 is 6.10 Å². The fraction of sp³-hybridized carbons (Fsp3) is 0.308. The van der Waals surface area contributed by atoms with E-state index in [4.69, 9.17) is 21.1 Å². The molecule has 9 heteroatoms. The molecule has 35 heavy (non-hydrogen) atoms. The lowest BCUT2D eigenvalue weighted by atomic mass is 10.2. The number of nitrogens with one attached hydrogen (secondary N) is 1. The molecule has 4 aromatic rings. The second-order valence-corrected chi connectivity index (χ2v) is 9.75. The van der Waals surface area contributed by atoms with Gasteiger partial charge in [0.25, 0.3) is 5.56 Å². The lowest BCUT2D eigenvalue weighted by Gasteiger charge is -2.20. The van der Waals surface area contributed by atoms with E-state index in [1.54, 1.807) is 26.2 Å². The monoisotopic (exact) mass is 513 g/mol. The van der Waals surface area contributed by atoms with Gasteiger partial charge in [0.15, 0.2) is 11.5 Å². The second-order valence-electron chi connectivity index (χ2n) is 8.26. The van der Waals surface area contributed by atoms with Crippen molar-refractivity contribution in [2.75, 3.05) is 20.3 Å². The Labute approximate surface area is 212 Å². The number of aromatic nitrogens is 2. The summed E-state index contributed by atoms with van der Waals surface area (Å²) in [6, 6.07) is 14.9. The minimum atomic E-state index is -0.423. The van der Waals surface area contributed by atoms with Crippen LogP contribution >= 0.6 is 22.9 Å². The van der Waals surface area contributed by atoms with E-state index in [9.17, 15) is 9.90 Å². The van der Waals surface area contributed by atoms with Gasteiger partial charge in [-0.2, -0.15) is 0 Å². The summed E-state index contributed by atoms with van der Waals surface area (Å²) in [5, 5.41) is 13.4. The Bertz CT molecular complexity index is 1350. The van der Waals surface area contributed by atoms with Gasteiger partial charge in [0.1, 0.15) is 17.6 Å². The second kappa shape index (κ2) is 11.2. The third-order valence-corrected chi connectivity index (χ3v) is 7.04.